The highest BCUT2D eigenvalue weighted by Gasteiger charge is 2.26. The quantitative estimate of drug-likeness (QED) is 0.693. The van der Waals surface area contributed by atoms with Crippen LogP contribution in [0.2, 0.25) is 5.02 Å². The lowest BCUT2D eigenvalue weighted by molar-refractivity contribution is -0.140. The van der Waals surface area contributed by atoms with Crippen molar-refractivity contribution in [2.45, 2.75) is 39.3 Å². The third-order valence-corrected chi connectivity index (χ3v) is 4.90. The van der Waals surface area contributed by atoms with Crippen LogP contribution in [-0.4, -0.2) is 36.4 Å². The number of carbonyl (C=O) groups is 2. The van der Waals surface area contributed by atoms with Gasteiger partial charge in [-0.25, -0.2) is 0 Å². The Labute approximate surface area is 171 Å². The van der Waals surface area contributed by atoms with Gasteiger partial charge in [-0.2, -0.15) is 0 Å². The molecule has 1 atom stereocenters. The number of hydrogen-bond acceptors (Lipinski definition) is 3. The highest BCUT2D eigenvalue weighted by molar-refractivity contribution is 6.31. The van der Waals surface area contributed by atoms with E-state index in [0.29, 0.717) is 18.1 Å². The molecule has 0 saturated carbocycles. The zero-order chi connectivity index (χ0) is 20.5. The zero-order valence-electron chi connectivity index (χ0n) is 16.6. The van der Waals surface area contributed by atoms with Crippen LogP contribution in [0.4, 0.5) is 0 Å². The van der Waals surface area contributed by atoms with E-state index in [9.17, 15) is 9.59 Å². The van der Waals surface area contributed by atoms with Crippen LogP contribution in [0.15, 0.2) is 48.5 Å². The van der Waals surface area contributed by atoms with Crippen molar-refractivity contribution in [1.29, 1.82) is 0 Å². The number of hydrogen-bond donors (Lipinski definition) is 1. The van der Waals surface area contributed by atoms with Crippen LogP contribution in [-0.2, 0) is 22.6 Å². The molecule has 0 aromatic heterocycles. The Kier molecular flexibility index (Phi) is 8.33. The van der Waals surface area contributed by atoms with Crippen LogP contribution in [0, 0.1) is 0 Å². The van der Waals surface area contributed by atoms with Crippen molar-refractivity contribution < 1.29 is 14.3 Å². The van der Waals surface area contributed by atoms with Crippen LogP contribution >= 0.6 is 11.6 Å². The molecule has 1 N–H and O–H groups in total. The molecule has 0 spiro atoms. The molecule has 2 aromatic rings. The molecule has 2 amide bonds. The topological polar surface area (TPSA) is 58.6 Å². The average molecular weight is 403 g/mol. The minimum atomic E-state index is -0.594. The fourth-order valence-electron chi connectivity index (χ4n) is 2.81. The third-order valence-electron chi connectivity index (χ3n) is 4.53. The van der Waals surface area contributed by atoms with E-state index in [4.69, 9.17) is 16.3 Å². The van der Waals surface area contributed by atoms with Gasteiger partial charge in [-0.3, -0.25) is 9.59 Å². The maximum absolute atomic E-state index is 13.1. The van der Waals surface area contributed by atoms with Crippen LogP contribution in [0.3, 0.4) is 0 Å². The molecule has 0 aliphatic heterocycles. The molecule has 150 valence electrons. The third kappa shape index (κ3) is 5.99. The van der Waals surface area contributed by atoms with Crippen molar-refractivity contribution in [3.63, 3.8) is 0 Å². The number of nitrogens with one attached hydrogen (secondary N) is 1. The SMILES string of the molecule is CCCNC(=O)[C@H](C)N(Cc1ccc(OC)cc1)C(=O)Cc1ccccc1Cl. The second-order valence-corrected chi connectivity index (χ2v) is 7.01. The first-order valence-corrected chi connectivity index (χ1v) is 9.77. The number of methoxy groups -OCH3 is 1. The smallest absolute Gasteiger partial charge is 0.242 e. The van der Waals surface area contributed by atoms with E-state index < -0.39 is 6.04 Å². The maximum Gasteiger partial charge on any atom is 0.242 e. The van der Waals surface area contributed by atoms with E-state index in [1.807, 2.05) is 49.4 Å². The molecular weight excluding hydrogens is 376 g/mol. The lowest BCUT2D eigenvalue weighted by Crippen LogP contribution is -2.48. The Balaban J connectivity index is 2.22. The highest BCUT2D eigenvalue weighted by atomic mass is 35.5. The Morgan fingerprint density at radius 2 is 1.82 bits per heavy atom. The van der Waals surface area contributed by atoms with Gasteiger partial charge in [0.15, 0.2) is 0 Å². The number of benzene rings is 2. The lowest BCUT2D eigenvalue weighted by Gasteiger charge is -2.29. The molecule has 0 radical (unpaired) electrons. The largest absolute Gasteiger partial charge is 0.497 e. The second kappa shape index (κ2) is 10.7. The first kappa shape index (κ1) is 21.8. The fourth-order valence-corrected chi connectivity index (χ4v) is 3.01. The summed E-state index contributed by atoms with van der Waals surface area (Å²) in [6.07, 6.45) is 0.978. The molecule has 0 heterocycles. The first-order valence-electron chi connectivity index (χ1n) is 9.39. The van der Waals surface area contributed by atoms with Gasteiger partial charge >= 0.3 is 0 Å². The van der Waals surface area contributed by atoms with Gasteiger partial charge in [-0.1, -0.05) is 48.9 Å². The summed E-state index contributed by atoms with van der Waals surface area (Å²) in [5.41, 5.74) is 1.67. The standard InChI is InChI=1S/C22H27ClN2O3/c1-4-13-24-22(27)16(2)25(15-17-9-11-19(28-3)12-10-17)21(26)14-18-7-5-6-8-20(18)23/h5-12,16H,4,13-15H2,1-3H3,(H,24,27)/t16-/m0/s1. The summed E-state index contributed by atoms with van der Waals surface area (Å²) in [6.45, 7) is 4.65. The van der Waals surface area contributed by atoms with Crippen LogP contribution in [0.5, 0.6) is 5.75 Å². The van der Waals surface area contributed by atoms with Gasteiger partial charge in [0.05, 0.1) is 13.5 Å². The van der Waals surface area contributed by atoms with E-state index in [0.717, 1.165) is 23.3 Å². The number of amides is 2. The molecule has 0 aliphatic rings. The number of ether oxygens (including phenoxy) is 1. The monoisotopic (exact) mass is 402 g/mol. The van der Waals surface area contributed by atoms with Gasteiger partial charge in [0, 0.05) is 18.1 Å². The van der Waals surface area contributed by atoms with Gasteiger partial charge in [-0.15, -0.1) is 0 Å². The normalized spacial score (nSPS) is 11.6. The van der Waals surface area contributed by atoms with E-state index >= 15 is 0 Å². The Hall–Kier alpha value is -2.53. The molecule has 0 fully saturated rings. The summed E-state index contributed by atoms with van der Waals surface area (Å²) in [6, 6.07) is 14.1. The van der Waals surface area contributed by atoms with Crippen molar-refractivity contribution >= 4 is 23.4 Å². The summed E-state index contributed by atoms with van der Waals surface area (Å²) in [7, 11) is 1.61. The molecule has 0 aliphatic carbocycles. The van der Waals surface area contributed by atoms with Crippen LogP contribution in [0.1, 0.15) is 31.4 Å². The van der Waals surface area contributed by atoms with Crippen molar-refractivity contribution in [2.75, 3.05) is 13.7 Å². The number of carbonyl (C=O) groups excluding carboxylic acids is 2. The number of rotatable bonds is 9. The summed E-state index contributed by atoms with van der Waals surface area (Å²) < 4.78 is 5.18. The van der Waals surface area contributed by atoms with Crippen molar-refractivity contribution in [3.05, 3.63) is 64.7 Å². The molecule has 28 heavy (non-hydrogen) atoms. The predicted molar refractivity (Wildman–Crippen MR) is 111 cm³/mol. The molecule has 0 unspecified atom stereocenters. The van der Waals surface area contributed by atoms with Gasteiger partial charge < -0.3 is 15.0 Å². The van der Waals surface area contributed by atoms with Crippen molar-refractivity contribution in [2.24, 2.45) is 0 Å². The average Bonchev–Trinajstić information content (AvgIpc) is 2.71. The maximum atomic E-state index is 13.1. The zero-order valence-corrected chi connectivity index (χ0v) is 17.3. The molecule has 5 nitrogen and oxygen atoms in total. The summed E-state index contributed by atoms with van der Waals surface area (Å²) in [5.74, 6) is 0.428. The fraction of sp³-hybridized carbons (Fsp3) is 0.364. The summed E-state index contributed by atoms with van der Waals surface area (Å²) in [4.78, 5) is 27.2. The summed E-state index contributed by atoms with van der Waals surface area (Å²) in [5, 5.41) is 3.41. The summed E-state index contributed by atoms with van der Waals surface area (Å²) >= 11 is 6.21. The van der Waals surface area contributed by atoms with Gasteiger partial charge in [0.25, 0.3) is 0 Å². The minimum absolute atomic E-state index is 0.140. The van der Waals surface area contributed by atoms with E-state index in [2.05, 4.69) is 5.32 Å². The lowest BCUT2D eigenvalue weighted by atomic mass is 10.1. The molecule has 6 heteroatoms. The second-order valence-electron chi connectivity index (χ2n) is 6.60. The number of halogens is 1. The van der Waals surface area contributed by atoms with E-state index in [1.165, 1.54) is 0 Å². The first-order chi connectivity index (χ1) is 13.5. The number of nitrogens with zero attached hydrogens (tertiary/aromatic N) is 1. The molecule has 0 saturated heterocycles. The Morgan fingerprint density at radius 1 is 1.14 bits per heavy atom. The highest BCUT2D eigenvalue weighted by Crippen LogP contribution is 2.19. The van der Waals surface area contributed by atoms with Crippen molar-refractivity contribution in [3.8, 4) is 5.75 Å². The minimum Gasteiger partial charge on any atom is -0.497 e. The van der Waals surface area contributed by atoms with E-state index in [1.54, 1.807) is 25.0 Å². The predicted octanol–water partition coefficient (Wildman–Crippen LogP) is 3.83. The Morgan fingerprint density at radius 3 is 2.43 bits per heavy atom. The van der Waals surface area contributed by atoms with Crippen LogP contribution in [0.25, 0.3) is 0 Å². The molecule has 2 aromatic carbocycles. The molecular formula is C22H27ClN2O3. The van der Waals surface area contributed by atoms with Gasteiger partial charge in [0.2, 0.25) is 11.8 Å². The molecule has 0 bridgehead atoms. The van der Waals surface area contributed by atoms with Crippen LogP contribution < -0.4 is 10.1 Å². The van der Waals surface area contributed by atoms with Crippen molar-refractivity contribution in [1.82, 2.24) is 10.2 Å². The molecule has 2 rings (SSSR count). The van der Waals surface area contributed by atoms with E-state index in [-0.39, 0.29) is 18.2 Å². The Bertz CT molecular complexity index is 793. The van der Waals surface area contributed by atoms with Gasteiger partial charge in [0.1, 0.15) is 11.8 Å². The van der Waals surface area contributed by atoms with Gasteiger partial charge in [-0.05, 0) is 42.7 Å².